The fraction of sp³-hybridized carbons (Fsp3) is 0.133. The SMILES string of the molecule is CC(=O)c1cc(Br)cc(N)c1OCc1cc(F)ccc1Cl. The molecule has 2 aromatic carbocycles. The molecular formula is C15H12BrClFNO2. The molecule has 0 saturated carbocycles. The standard InChI is InChI=1S/C15H12BrClFNO2/c1-8(20)12-5-10(16)6-14(19)15(12)21-7-9-4-11(18)2-3-13(9)17/h2-6H,7,19H2,1H3. The molecule has 0 spiro atoms. The molecule has 0 aliphatic carbocycles. The van der Waals surface area contributed by atoms with Crippen molar-refractivity contribution in [2.75, 3.05) is 5.73 Å². The molecule has 0 atom stereocenters. The van der Waals surface area contributed by atoms with Crippen molar-refractivity contribution in [3.63, 3.8) is 0 Å². The number of benzene rings is 2. The third kappa shape index (κ3) is 3.74. The van der Waals surface area contributed by atoms with E-state index in [0.717, 1.165) is 0 Å². The predicted molar refractivity (Wildman–Crippen MR) is 84.3 cm³/mol. The van der Waals surface area contributed by atoms with E-state index in [1.54, 1.807) is 12.1 Å². The summed E-state index contributed by atoms with van der Waals surface area (Å²) >= 11 is 9.25. The zero-order valence-corrected chi connectivity index (χ0v) is 13.5. The van der Waals surface area contributed by atoms with Crippen molar-refractivity contribution in [1.82, 2.24) is 0 Å². The van der Waals surface area contributed by atoms with Gasteiger partial charge < -0.3 is 10.5 Å². The number of rotatable bonds is 4. The van der Waals surface area contributed by atoms with Gasteiger partial charge in [0.15, 0.2) is 11.5 Å². The molecule has 6 heteroatoms. The number of nitrogen functional groups attached to an aromatic ring is 1. The monoisotopic (exact) mass is 371 g/mol. The first-order valence-electron chi connectivity index (χ1n) is 6.05. The van der Waals surface area contributed by atoms with Crippen molar-refractivity contribution >= 4 is 39.0 Å². The van der Waals surface area contributed by atoms with Gasteiger partial charge in [-0.2, -0.15) is 0 Å². The van der Waals surface area contributed by atoms with Crippen LogP contribution in [-0.4, -0.2) is 5.78 Å². The smallest absolute Gasteiger partial charge is 0.163 e. The highest BCUT2D eigenvalue weighted by Crippen LogP contribution is 2.32. The van der Waals surface area contributed by atoms with Crippen molar-refractivity contribution in [3.05, 3.63) is 56.8 Å². The van der Waals surface area contributed by atoms with Gasteiger partial charge in [-0.15, -0.1) is 0 Å². The highest BCUT2D eigenvalue weighted by molar-refractivity contribution is 9.10. The van der Waals surface area contributed by atoms with Gasteiger partial charge in [0.1, 0.15) is 12.4 Å². The average Bonchev–Trinajstić information content (AvgIpc) is 2.40. The second kappa shape index (κ2) is 6.45. The van der Waals surface area contributed by atoms with E-state index in [2.05, 4.69) is 15.9 Å². The van der Waals surface area contributed by atoms with Crippen LogP contribution < -0.4 is 10.5 Å². The van der Waals surface area contributed by atoms with Crippen LogP contribution in [0.1, 0.15) is 22.8 Å². The minimum atomic E-state index is -0.409. The van der Waals surface area contributed by atoms with Crippen LogP contribution in [0.5, 0.6) is 5.75 Å². The van der Waals surface area contributed by atoms with Crippen molar-refractivity contribution in [2.24, 2.45) is 0 Å². The molecule has 0 heterocycles. The van der Waals surface area contributed by atoms with E-state index in [9.17, 15) is 9.18 Å². The second-order valence-electron chi connectivity index (χ2n) is 4.45. The summed E-state index contributed by atoms with van der Waals surface area (Å²) < 4.78 is 19.5. The summed E-state index contributed by atoms with van der Waals surface area (Å²) in [5, 5.41) is 0.386. The molecule has 0 aliphatic heterocycles. The maximum Gasteiger partial charge on any atom is 0.163 e. The van der Waals surface area contributed by atoms with Crippen molar-refractivity contribution in [3.8, 4) is 5.75 Å². The molecule has 3 nitrogen and oxygen atoms in total. The highest BCUT2D eigenvalue weighted by atomic mass is 79.9. The van der Waals surface area contributed by atoms with Gasteiger partial charge in [-0.25, -0.2) is 4.39 Å². The Hall–Kier alpha value is -1.59. The lowest BCUT2D eigenvalue weighted by Crippen LogP contribution is -2.05. The van der Waals surface area contributed by atoms with Crippen LogP contribution in [0.3, 0.4) is 0 Å². The Bertz CT molecular complexity index is 706. The number of nitrogens with two attached hydrogens (primary N) is 1. The highest BCUT2D eigenvalue weighted by Gasteiger charge is 2.14. The zero-order valence-electron chi connectivity index (χ0n) is 11.1. The summed E-state index contributed by atoms with van der Waals surface area (Å²) in [5.41, 5.74) is 7.04. The third-order valence-electron chi connectivity index (χ3n) is 2.84. The molecule has 0 aromatic heterocycles. The van der Waals surface area contributed by atoms with E-state index >= 15 is 0 Å². The Morgan fingerprint density at radius 2 is 2.10 bits per heavy atom. The summed E-state index contributed by atoms with van der Waals surface area (Å²) in [6.07, 6.45) is 0. The van der Waals surface area contributed by atoms with E-state index in [4.69, 9.17) is 22.1 Å². The summed E-state index contributed by atoms with van der Waals surface area (Å²) in [6.45, 7) is 1.44. The average molecular weight is 373 g/mol. The van der Waals surface area contributed by atoms with Gasteiger partial charge in [-0.05, 0) is 37.3 Å². The molecule has 110 valence electrons. The normalized spacial score (nSPS) is 10.5. The summed E-state index contributed by atoms with van der Waals surface area (Å²) in [4.78, 5) is 11.7. The fourth-order valence-corrected chi connectivity index (χ4v) is 2.49. The molecule has 2 aromatic rings. The first-order valence-corrected chi connectivity index (χ1v) is 7.22. The quantitative estimate of drug-likeness (QED) is 0.630. The lowest BCUT2D eigenvalue weighted by molar-refractivity contribution is 0.101. The summed E-state index contributed by atoms with van der Waals surface area (Å²) in [5.74, 6) is -0.317. The number of ether oxygens (including phenoxy) is 1. The number of Topliss-reactive ketones (excluding diaryl/α,β-unsaturated/α-hetero) is 1. The van der Waals surface area contributed by atoms with Crippen LogP contribution in [0.4, 0.5) is 10.1 Å². The van der Waals surface area contributed by atoms with Gasteiger partial charge in [-0.3, -0.25) is 4.79 Å². The second-order valence-corrected chi connectivity index (χ2v) is 5.78. The van der Waals surface area contributed by atoms with Crippen LogP contribution in [-0.2, 0) is 6.61 Å². The number of ketones is 1. The van der Waals surface area contributed by atoms with E-state index in [-0.39, 0.29) is 18.1 Å². The van der Waals surface area contributed by atoms with Crippen molar-refractivity contribution in [2.45, 2.75) is 13.5 Å². The number of carbonyl (C=O) groups excluding carboxylic acids is 1. The topological polar surface area (TPSA) is 52.3 Å². The van der Waals surface area contributed by atoms with Crippen LogP contribution in [0, 0.1) is 5.82 Å². The first-order chi connectivity index (χ1) is 9.88. The van der Waals surface area contributed by atoms with Gasteiger partial charge in [0.25, 0.3) is 0 Å². The Morgan fingerprint density at radius 3 is 2.76 bits per heavy atom. The molecule has 21 heavy (non-hydrogen) atoms. The number of hydrogen-bond donors (Lipinski definition) is 1. The summed E-state index contributed by atoms with van der Waals surface area (Å²) in [6, 6.07) is 7.26. The van der Waals surface area contributed by atoms with Gasteiger partial charge >= 0.3 is 0 Å². The Balaban J connectivity index is 2.32. The molecule has 0 fully saturated rings. The Labute approximate surface area is 135 Å². The van der Waals surface area contributed by atoms with Crippen LogP contribution in [0.25, 0.3) is 0 Å². The van der Waals surface area contributed by atoms with E-state index in [0.29, 0.717) is 26.3 Å². The lowest BCUT2D eigenvalue weighted by atomic mass is 10.1. The van der Waals surface area contributed by atoms with Crippen molar-refractivity contribution < 1.29 is 13.9 Å². The number of anilines is 1. The maximum atomic E-state index is 13.2. The predicted octanol–water partition coefficient (Wildman–Crippen LogP) is 4.61. The lowest BCUT2D eigenvalue weighted by Gasteiger charge is -2.14. The Kier molecular flexibility index (Phi) is 4.85. The molecule has 0 amide bonds. The maximum absolute atomic E-state index is 13.2. The number of halogens is 3. The molecular weight excluding hydrogens is 361 g/mol. The van der Waals surface area contributed by atoms with Gasteiger partial charge in [0, 0.05) is 15.1 Å². The minimum absolute atomic E-state index is 0.0166. The molecule has 0 radical (unpaired) electrons. The molecule has 2 N–H and O–H groups in total. The summed E-state index contributed by atoms with van der Waals surface area (Å²) in [7, 11) is 0. The molecule has 0 saturated heterocycles. The third-order valence-corrected chi connectivity index (χ3v) is 3.67. The molecule has 0 bridgehead atoms. The van der Waals surface area contributed by atoms with Crippen LogP contribution in [0.15, 0.2) is 34.8 Å². The fourth-order valence-electron chi connectivity index (χ4n) is 1.84. The minimum Gasteiger partial charge on any atom is -0.486 e. The van der Waals surface area contributed by atoms with Gasteiger partial charge in [0.2, 0.25) is 0 Å². The number of carbonyl (C=O) groups is 1. The van der Waals surface area contributed by atoms with Gasteiger partial charge in [0.05, 0.1) is 11.3 Å². The molecule has 0 aliphatic rings. The van der Waals surface area contributed by atoms with Crippen LogP contribution >= 0.6 is 27.5 Å². The first kappa shape index (κ1) is 15.8. The Morgan fingerprint density at radius 1 is 1.38 bits per heavy atom. The van der Waals surface area contributed by atoms with E-state index < -0.39 is 5.82 Å². The van der Waals surface area contributed by atoms with Crippen LogP contribution in [0.2, 0.25) is 5.02 Å². The van der Waals surface area contributed by atoms with E-state index in [1.165, 1.54) is 25.1 Å². The molecule has 0 unspecified atom stereocenters. The van der Waals surface area contributed by atoms with E-state index in [1.807, 2.05) is 0 Å². The largest absolute Gasteiger partial charge is 0.486 e. The molecule has 2 rings (SSSR count). The van der Waals surface area contributed by atoms with Gasteiger partial charge in [-0.1, -0.05) is 27.5 Å². The zero-order chi connectivity index (χ0) is 15.6. The number of hydrogen-bond acceptors (Lipinski definition) is 3. The van der Waals surface area contributed by atoms with Crippen molar-refractivity contribution in [1.29, 1.82) is 0 Å².